The van der Waals surface area contributed by atoms with Crippen molar-refractivity contribution in [3.05, 3.63) is 30.2 Å². The van der Waals surface area contributed by atoms with Gasteiger partial charge in [0.1, 0.15) is 11.8 Å². The molecule has 1 aliphatic rings. The summed E-state index contributed by atoms with van der Waals surface area (Å²) in [6.45, 7) is 3.90. The zero-order valence-electron chi connectivity index (χ0n) is 14.6. The molecule has 2 atom stereocenters. The minimum atomic E-state index is -0.329. The zero-order valence-corrected chi connectivity index (χ0v) is 14.6. The lowest BCUT2D eigenvalue weighted by Crippen LogP contribution is -2.27. The van der Waals surface area contributed by atoms with Gasteiger partial charge in [-0.2, -0.15) is 4.98 Å². The Labute approximate surface area is 147 Å². The standard InChI is InChI=1S/C18H24N4O3/c1-12(20-16(23)8-7-13-9-10-19-11-13)18-21-17(22-25-18)14-5-3-4-6-15(14)24-2/h3-6,12-13,19H,7-11H2,1-2H3,(H,20,23). The molecule has 2 unspecified atom stereocenters. The zero-order chi connectivity index (χ0) is 17.6. The van der Waals surface area contributed by atoms with Crippen molar-refractivity contribution in [1.82, 2.24) is 20.8 Å². The molecule has 1 aliphatic heterocycles. The lowest BCUT2D eigenvalue weighted by molar-refractivity contribution is -0.122. The Morgan fingerprint density at radius 2 is 2.32 bits per heavy atom. The summed E-state index contributed by atoms with van der Waals surface area (Å²) in [5.74, 6) is 2.12. The highest BCUT2D eigenvalue weighted by molar-refractivity contribution is 5.76. The normalized spacial score (nSPS) is 18.1. The first kappa shape index (κ1) is 17.4. The number of carbonyl (C=O) groups excluding carboxylic acids is 1. The number of nitrogens with one attached hydrogen (secondary N) is 2. The summed E-state index contributed by atoms with van der Waals surface area (Å²) in [4.78, 5) is 16.5. The van der Waals surface area contributed by atoms with Crippen molar-refractivity contribution in [2.45, 2.75) is 32.2 Å². The summed E-state index contributed by atoms with van der Waals surface area (Å²) in [6, 6.07) is 7.15. The molecule has 0 spiro atoms. The van der Waals surface area contributed by atoms with Gasteiger partial charge >= 0.3 is 0 Å². The van der Waals surface area contributed by atoms with Crippen LogP contribution in [-0.4, -0.2) is 36.2 Å². The maximum Gasteiger partial charge on any atom is 0.249 e. The third-order valence-electron chi connectivity index (χ3n) is 4.48. The second-order valence-corrected chi connectivity index (χ2v) is 6.34. The van der Waals surface area contributed by atoms with Crippen molar-refractivity contribution in [2.24, 2.45) is 5.92 Å². The molecular formula is C18H24N4O3. The van der Waals surface area contributed by atoms with E-state index in [-0.39, 0.29) is 11.9 Å². The number of para-hydroxylation sites is 1. The molecule has 1 amide bonds. The fourth-order valence-electron chi connectivity index (χ4n) is 3.02. The summed E-state index contributed by atoms with van der Waals surface area (Å²) in [6.07, 6.45) is 2.57. The number of amides is 1. The van der Waals surface area contributed by atoms with E-state index in [1.165, 1.54) is 0 Å². The van der Waals surface area contributed by atoms with Gasteiger partial charge in [-0.15, -0.1) is 0 Å². The number of nitrogens with zero attached hydrogens (tertiary/aromatic N) is 2. The Morgan fingerprint density at radius 1 is 1.48 bits per heavy atom. The van der Waals surface area contributed by atoms with E-state index in [2.05, 4.69) is 20.8 Å². The van der Waals surface area contributed by atoms with E-state index in [9.17, 15) is 4.79 Å². The van der Waals surface area contributed by atoms with Gasteiger partial charge in [-0.05, 0) is 50.9 Å². The van der Waals surface area contributed by atoms with Crippen LogP contribution in [-0.2, 0) is 4.79 Å². The predicted octanol–water partition coefficient (Wildman–Crippen LogP) is 2.31. The number of ether oxygens (including phenoxy) is 1. The highest BCUT2D eigenvalue weighted by atomic mass is 16.5. The van der Waals surface area contributed by atoms with Crippen LogP contribution in [0.15, 0.2) is 28.8 Å². The molecule has 2 aromatic rings. The number of methoxy groups -OCH3 is 1. The van der Waals surface area contributed by atoms with Crippen LogP contribution in [0.5, 0.6) is 5.75 Å². The summed E-state index contributed by atoms with van der Waals surface area (Å²) in [5.41, 5.74) is 0.757. The fraction of sp³-hybridized carbons (Fsp3) is 0.500. The Morgan fingerprint density at radius 3 is 3.08 bits per heavy atom. The van der Waals surface area contributed by atoms with Gasteiger partial charge in [0, 0.05) is 6.42 Å². The Bertz CT molecular complexity index is 710. The Balaban J connectivity index is 1.58. The monoisotopic (exact) mass is 344 g/mol. The average Bonchev–Trinajstić information content (AvgIpc) is 3.31. The topological polar surface area (TPSA) is 89.3 Å². The second-order valence-electron chi connectivity index (χ2n) is 6.34. The van der Waals surface area contributed by atoms with Crippen molar-refractivity contribution in [3.63, 3.8) is 0 Å². The molecule has 1 aromatic heterocycles. The van der Waals surface area contributed by atoms with E-state index in [0.717, 1.165) is 31.5 Å². The van der Waals surface area contributed by atoms with Crippen molar-refractivity contribution in [3.8, 4) is 17.1 Å². The number of benzene rings is 1. The Hall–Kier alpha value is -2.41. The van der Waals surface area contributed by atoms with E-state index >= 15 is 0 Å². The smallest absolute Gasteiger partial charge is 0.249 e. The molecule has 134 valence electrons. The summed E-state index contributed by atoms with van der Waals surface area (Å²) < 4.78 is 10.6. The first-order chi connectivity index (χ1) is 12.2. The third kappa shape index (κ3) is 4.36. The molecule has 7 heteroatoms. The molecule has 0 saturated carbocycles. The van der Waals surface area contributed by atoms with Gasteiger partial charge in [-0.3, -0.25) is 4.79 Å². The van der Waals surface area contributed by atoms with Crippen LogP contribution < -0.4 is 15.4 Å². The molecule has 7 nitrogen and oxygen atoms in total. The average molecular weight is 344 g/mol. The summed E-state index contributed by atoms with van der Waals surface area (Å²) in [7, 11) is 1.60. The molecule has 3 rings (SSSR count). The van der Waals surface area contributed by atoms with Crippen molar-refractivity contribution < 1.29 is 14.1 Å². The number of hydrogen-bond donors (Lipinski definition) is 2. The molecule has 2 N–H and O–H groups in total. The number of carbonyl (C=O) groups is 1. The van der Waals surface area contributed by atoms with Crippen molar-refractivity contribution >= 4 is 5.91 Å². The summed E-state index contributed by atoms with van der Waals surface area (Å²) >= 11 is 0. The van der Waals surface area contributed by atoms with Crippen LogP contribution >= 0.6 is 0 Å². The van der Waals surface area contributed by atoms with Gasteiger partial charge < -0.3 is 19.9 Å². The van der Waals surface area contributed by atoms with Crippen LogP contribution in [0.3, 0.4) is 0 Å². The minimum Gasteiger partial charge on any atom is -0.496 e. The predicted molar refractivity (Wildman–Crippen MR) is 93.1 cm³/mol. The van der Waals surface area contributed by atoms with E-state index < -0.39 is 0 Å². The number of aromatic nitrogens is 2. The molecule has 1 saturated heterocycles. The molecule has 1 aromatic carbocycles. The fourth-order valence-corrected chi connectivity index (χ4v) is 3.02. The van der Waals surface area contributed by atoms with Gasteiger partial charge in [0.05, 0.1) is 12.7 Å². The third-order valence-corrected chi connectivity index (χ3v) is 4.48. The van der Waals surface area contributed by atoms with E-state index in [1.807, 2.05) is 31.2 Å². The van der Waals surface area contributed by atoms with Crippen LogP contribution in [0.4, 0.5) is 0 Å². The van der Waals surface area contributed by atoms with Gasteiger partial charge in [0.15, 0.2) is 0 Å². The van der Waals surface area contributed by atoms with Gasteiger partial charge in [-0.1, -0.05) is 17.3 Å². The summed E-state index contributed by atoms with van der Waals surface area (Å²) in [5, 5.41) is 10.2. The highest BCUT2D eigenvalue weighted by Gasteiger charge is 2.20. The molecule has 0 bridgehead atoms. The molecule has 0 aliphatic carbocycles. The highest BCUT2D eigenvalue weighted by Crippen LogP contribution is 2.28. The maximum atomic E-state index is 12.1. The molecule has 0 radical (unpaired) electrons. The SMILES string of the molecule is COc1ccccc1-c1noc(C(C)NC(=O)CCC2CCNC2)n1. The lowest BCUT2D eigenvalue weighted by atomic mass is 10.0. The van der Waals surface area contributed by atoms with Gasteiger partial charge in [0.25, 0.3) is 0 Å². The second kappa shape index (κ2) is 8.11. The number of hydrogen-bond acceptors (Lipinski definition) is 6. The van der Waals surface area contributed by atoms with Crippen LogP contribution in [0, 0.1) is 5.92 Å². The maximum absolute atomic E-state index is 12.1. The van der Waals surface area contributed by atoms with Crippen LogP contribution in [0.2, 0.25) is 0 Å². The first-order valence-electron chi connectivity index (χ1n) is 8.64. The van der Waals surface area contributed by atoms with Crippen molar-refractivity contribution in [2.75, 3.05) is 20.2 Å². The van der Waals surface area contributed by atoms with Crippen LogP contribution in [0.1, 0.15) is 38.1 Å². The van der Waals surface area contributed by atoms with E-state index in [1.54, 1.807) is 7.11 Å². The minimum absolute atomic E-state index is 0.0106. The molecule has 1 fully saturated rings. The van der Waals surface area contributed by atoms with E-state index in [4.69, 9.17) is 9.26 Å². The first-order valence-corrected chi connectivity index (χ1v) is 8.64. The van der Waals surface area contributed by atoms with Gasteiger partial charge in [0.2, 0.25) is 17.6 Å². The van der Waals surface area contributed by atoms with E-state index in [0.29, 0.717) is 29.8 Å². The van der Waals surface area contributed by atoms with Gasteiger partial charge in [-0.25, -0.2) is 0 Å². The number of rotatable bonds is 7. The van der Waals surface area contributed by atoms with Crippen LogP contribution in [0.25, 0.3) is 11.4 Å². The van der Waals surface area contributed by atoms with Crippen molar-refractivity contribution in [1.29, 1.82) is 0 Å². The quantitative estimate of drug-likeness (QED) is 0.801. The molecular weight excluding hydrogens is 320 g/mol. The molecule has 25 heavy (non-hydrogen) atoms. The largest absolute Gasteiger partial charge is 0.496 e. The lowest BCUT2D eigenvalue weighted by Gasteiger charge is -2.11. The molecule has 2 heterocycles. The Kier molecular flexibility index (Phi) is 5.65.